The number of thiophene rings is 1. The van der Waals surface area contributed by atoms with Gasteiger partial charge in [0.05, 0.1) is 33.0 Å². The van der Waals surface area contributed by atoms with Crippen LogP contribution >= 0.6 is 27.3 Å². The Morgan fingerprint density at radius 1 is 1.03 bits per heavy atom. The van der Waals surface area contributed by atoms with E-state index in [1.165, 1.54) is 19.9 Å². The summed E-state index contributed by atoms with van der Waals surface area (Å²) in [5, 5.41) is 3.96. The van der Waals surface area contributed by atoms with Gasteiger partial charge in [0.15, 0.2) is 23.3 Å². The van der Waals surface area contributed by atoms with Gasteiger partial charge in [0.25, 0.3) is 10.0 Å². The van der Waals surface area contributed by atoms with E-state index in [4.69, 9.17) is 0 Å². The maximum atomic E-state index is 13.9. The lowest BCUT2D eigenvalue weighted by molar-refractivity contribution is 0.366. The largest absolute Gasteiger partial charge is 0.275 e. The Labute approximate surface area is 174 Å². The van der Waals surface area contributed by atoms with E-state index in [0.717, 1.165) is 16.0 Å². The second-order valence-electron chi connectivity index (χ2n) is 5.92. The van der Waals surface area contributed by atoms with Gasteiger partial charge in [-0.1, -0.05) is 0 Å². The van der Waals surface area contributed by atoms with Gasteiger partial charge in [-0.15, -0.1) is 11.3 Å². The quantitative estimate of drug-likeness (QED) is 0.299. The van der Waals surface area contributed by atoms with Crippen molar-refractivity contribution in [3.63, 3.8) is 0 Å². The molecule has 0 spiro atoms. The number of rotatable bonds is 5. The lowest BCUT2D eigenvalue weighted by Gasteiger charge is -2.10. The van der Waals surface area contributed by atoms with Gasteiger partial charge in [-0.2, -0.15) is 5.10 Å². The molecular weight excluding hydrogens is 505 g/mol. The number of aryl methyl sites for hydroxylation is 1. The second-order valence-corrected chi connectivity index (χ2v) is 10.3. The third-order valence-electron chi connectivity index (χ3n) is 4.04. The molecule has 5 nitrogen and oxygen atoms in total. The zero-order valence-electron chi connectivity index (χ0n) is 14.7. The molecule has 3 rings (SSSR count). The number of nitrogens with zero attached hydrogens (tertiary/aromatic N) is 2. The van der Waals surface area contributed by atoms with Gasteiger partial charge < -0.3 is 0 Å². The van der Waals surface area contributed by atoms with Gasteiger partial charge in [0, 0.05) is 0 Å². The molecule has 0 saturated carbocycles. The molecule has 0 radical (unpaired) electrons. The number of nitrogens with one attached hydrogen (secondary N) is 1. The highest BCUT2D eigenvalue weighted by molar-refractivity contribution is 9.11. The molecule has 0 aliphatic heterocycles. The smallest absolute Gasteiger partial charge is 0.271 e. The van der Waals surface area contributed by atoms with Crippen LogP contribution in [0.15, 0.2) is 20.1 Å². The van der Waals surface area contributed by atoms with Crippen LogP contribution in [0.4, 0.5) is 27.6 Å². The van der Waals surface area contributed by atoms with Crippen molar-refractivity contribution in [2.45, 2.75) is 24.6 Å². The summed E-state index contributed by atoms with van der Waals surface area (Å²) in [6, 6.07) is 2.92. The van der Waals surface area contributed by atoms with E-state index in [0.29, 0.717) is 3.79 Å². The van der Waals surface area contributed by atoms with Crippen molar-refractivity contribution in [3.8, 4) is 0 Å². The summed E-state index contributed by atoms with van der Waals surface area (Å²) >= 11 is 4.13. The summed E-state index contributed by atoms with van der Waals surface area (Å²) in [5.74, 6) is -10.3. The van der Waals surface area contributed by atoms with E-state index in [9.17, 15) is 30.4 Å². The monoisotopic (exact) mass is 515 g/mol. The van der Waals surface area contributed by atoms with Gasteiger partial charge in [0.1, 0.15) is 4.21 Å². The van der Waals surface area contributed by atoms with Crippen LogP contribution in [0.3, 0.4) is 0 Å². The third-order valence-corrected chi connectivity index (χ3v) is 7.51. The minimum atomic E-state index is -3.96. The van der Waals surface area contributed by atoms with Gasteiger partial charge in [-0.3, -0.25) is 9.40 Å². The predicted octanol–water partition coefficient (Wildman–Crippen LogP) is 4.87. The van der Waals surface area contributed by atoms with Crippen molar-refractivity contribution < 1.29 is 30.4 Å². The molecule has 13 heteroatoms. The minimum absolute atomic E-state index is 0.00990. The molecule has 0 atom stereocenters. The number of benzene rings is 1. The fraction of sp³-hybridized carbons (Fsp3) is 0.188. The van der Waals surface area contributed by atoms with Crippen LogP contribution in [0.5, 0.6) is 0 Å². The standard InChI is InChI=1S/C16H11BrF5N3O2S2/c1-6-16(24-29(26,27)10-4-3-9(17)28-10)7(2)25(23-6)5-8-11(18)13(20)15(22)14(21)12(8)19/h3-4,24H,5H2,1-2H3. The van der Waals surface area contributed by atoms with Crippen molar-refractivity contribution in [1.82, 2.24) is 9.78 Å². The summed E-state index contributed by atoms with van der Waals surface area (Å²) < 4.78 is 96.8. The molecule has 0 aliphatic rings. The van der Waals surface area contributed by atoms with E-state index in [-0.39, 0.29) is 21.3 Å². The first kappa shape index (κ1) is 21.7. The molecule has 2 aromatic heterocycles. The third kappa shape index (κ3) is 3.90. The average molecular weight is 516 g/mol. The van der Waals surface area contributed by atoms with Crippen LogP contribution in [-0.2, 0) is 16.6 Å². The molecule has 0 bridgehead atoms. The minimum Gasteiger partial charge on any atom is -0.275 e. The second kappa shape index (κ2) is 7.69. The van der Waals surface area contributed by atoms with E-state index < -0.39 is 51.2 Å². The highest BCUT2D eigenvalue weighted by atomic mass is 79.9. The Bertz CT molecular complexity index is 1190. The molecule has 3 aromatic rings. The number of sulfonamides is 1. The summed E-state index contributed by atoms with van der Waals surface area (Å²) in [6.45, 7) is 2.04. The zero-order valence-corrected chi connectivity index (χ0v) is 17.9. The van der Waals surface area contributed by atoms with Gasteiger partial charge >= 0.3 is 0 Å². The summed E-state index contributed by atoms with van der Waals surface area (Å²) in [5.41, 5.74) is -0.752. The van der Waals surface area contributed by atoms with E-state index in [1.807, 2.05) is 0 Å². The fourth-order valence-electron chi connectivity index (χ4n) is 2.56. The van der Waals surface area contributed by atoms with Gasteiger partial charge in [-0.05, 0) is 41.9 Å². The van der Waals surface area contributed by atoms with Crippen molar-refractivity contribution >= 4 is 43.0 Å². The van der Waals surface area contributed by atoms with Gasteiger partial charge in [-0.25, -0.2) is 30.4 Å². The fourth-order valence-corrected chi connectivity index (χ4v) is 5.75. The number of halogens is 6. The maximum Gasteiger partial charge on any atom is 0.271 e. The molecule has 156 valence electrons. The highest BCUT2D eigenvalue weighted by Gasteiger charge is 2.27. The Hall–Kier alpha value is -1.99. The van der Waals surface area contributed by atoms with E-state index in [2.05, 4.69) is 25.8 Å². The molecule has 0 unspecified atom stereocenters. The first-order chi connectivity index (χ1) is 13.4. The summed E-state index contributed by atoms with van der Waals surface area (Å²) in [7, 11) is -3.96. The number of anilines is 1. The van der Waals surface area contributed by atoms with Crippen LogP contribution in [-0.4, -0.2) is 18.2 Å². The molecule has 29 heavy (non-hydrogen) atoms. The Morgan fingerprint density at radius 2 is 1.59 bits per heavy atom. The molecule has 0 saturated heterocycles. The lowest BCUT2D eigenvalue weighted by atomic mass is 10.1. The van der Waals surface area contributed by atoms with Gasteiger partial charge in [0.2, 0.25) is 5.82 Å². The van der Waals surface area contributed by atoms with Crippen molar-refractivity contribution in [2.24, 2.45) is 0 Å². The normalized spacial score (nSPS) is 11.9. The van der Waals surface area contributed by atoms with Crippen LogP contribution < -0.4 is 4.72 Å². The summed E-state index contributed by atoms with van der Waals surface area (Å²) in [4.78, 5) is 0. The molecule has 1 N–H and O–H groups in total. The SMILES string of the molecule is Cc1nn(Cc2c(F)c(F)c(F)c(F)c2F)c(C)c1NS(=O)(=O)c1ccc(Br)s1. The maximum absolute atomic E-state index is 13.9. The number of aromatic nitrogens is 2. The summed E-state index contributed by atoms with van der Waals surface area (Å²) in [6.07, 6.45) is 0. The topological polar surface area (TPSA) is 64.0 Å². The molecule has 0 amide bonds. The Morgan fingerprint density at radius 3 is 2.10 bits per heavy atom. The van der Waals surface area contributed by atoms with Crippen molar-refractivity contribution in [3.05, 3.63) is 62.0 Å². The molecule has 0 aliphatic carbocycles. The predicted molar refractivity (Wildman–Crippen MR) is 99.9 cm³/mol. The van der Waals surface area contributed by atoms with Crippen molar-refractivity contribution in [2.75, 3.05) is 4.72 Å². The first-order valence-corrected chi connectivity index (χ1v) is 10.9. The van der Waals surface area contributed by atoms with Crippen LogP contribution in [0.1, 0.15) is 17.0 Å². The van der Waals surface area contributed by atoms with Crippen LogP contribution in [0, 0.1) is 42.9 Å². The van der Waals surface area contributed by atoms with E-state index in [1.54, 1.807) is 6.07 Å². The Balaban J connectivity index is 2.00. The van der Waals surface area contributed by atoms with Crippen LogP contribution in [0.2, 0.25) is 0 Å². The zero-order chi connectivity index (χ0) is 21.7. The Kier molecular flexibility index (Phi) is 5.75. The van der Waals surface area contributed by atoms with E-state index >= 15 is 0 Å². The highest BCUT2D eigenvalue weighted by Crippen LogP contribution is 2.30. The van der Waals surface area contributed by atoms with Crippen LogP contribution in [0.25, 0.3) is 0 Å². The molecular formula is C16H11BrF5N3O2S2. The first-order valence-electron chi connectivity index (χ1n) is 7.76. The average Bonchev–Trinajstić information content (AvgIpc) is 3.21. The molecule has 1 aromatic carbocycles. The lowest BCUT2D eigenvalue weighted by Crippen LogP contribution is -2.14. The number of hydrogen-bond donors (Lipinski definition) is 1. The number of hydrogen-bond acceptors (Lipinski definition) is 4. The molecule has 0 fully saturated rings. The molecule has 2 heterocycles. The van der Waals surface area contributed by atoms with Crippen molar-refractivity contribution in [1.29, 1.82) is 0 Å².